The molecule has 0 heterocycles. The number of anilines is 1. The van der Waals surface area contributed by atoms with E-state index in [9.17, 15) is 9.59 Å². The smallest absolute Gasteiger partial charge is 0.328 e. The minimum atomic E-state index is -0.774. The van der Waals surface area contributed by atoms with Gasteiger partial charge in [0, 0.05) is 10.2 Å². The van der Waals surface area contributed by atoms with Gasteiger partial charge >= 0.3 is 5.97 Å². The molecule has 23 heavy (non-hydrogen) atoms. The van der Waals surface area contributed by atoms with Crippen LogP contribution in [0.1, 0.15) is 22.8 Å². The van der Waals surface area contributed by atoms with Crippen LogP contribution in [0.25, 0.3) is 0 Å². The second-order valence-corrected chi connectivity index (χ2v) is 5.94. The Morgan fingerprint density at radius 2 is 1.91 bits per heavy atom. The second-order valence-electron chi connectivity index (χ2n) is 5.02. The number of carbonyl (C=O) groups excluding carboxylic acids is 2. The summed E-state index contributed by atoms with van der Waals surface area (Å²) in [5.74, 6) is -0.927. The molecular formula is C17H17BrN2O3. The average molecular weight is 377 g/mol. The SMILES string of the molecule is CC(NC(=O)c1cc(Br)ccc1N)C(=O)OCc1ccccc1. The van der Waals surface area contributed by atoms with Crippen LogP contribution in [0.3, 0.4) is 0 Å². The van der Waals surface area contributed by atoms with E-state index >= 15 is 0 Å². The summed E-state index contributed by atoms with van der Waals surface area (Å²) in [6, 6.07) is 13.5. The highest BCUT2D eigenvalue weighted by Gasteiger charge is 2.19. The highest BCUT2D eigenvalue weighted by molar-refractivity contribution is 9.10. The number of ether oxygens (including phenoxy) is 1. The first-order valence-electron chi connectivity index (χ1n) is 7.04. The first-order valence-corrected chi connectivity index (χ1v) is 7.83. The zero-order valence-electron chi connectivity index (χ0n) is 12.6. The molecule has 1 amide bonds. The Hall–Kier alpha value is -2.34. The van der Waals surface area contributed by atoms with Gasteiger partial charge in [-0.3, -0.25) is 4.79 Å². The molecule has 0 saturated heterocycles. The standard InChI is InChI=1S/C17H17BrN2O3/c1-11(17(22)23-10-12-5-3-2-4-6-12)20-16(21)14-9-13(18)7-8-15(14)19/h2-9,11H,10,19H2,1H3,(H,20,21). The molecule has 1 atom stereocenters. The molecule has 1 unspecified atom stereocenters. The lowest BCUT2D eigenvalue weighted by Gasteiger charge is -2.14. The lowest BCUT2D eigenvalue weighted by atomic mass is 10.1. The number of rotatable bonds is 5. The van der Waals surface area contributed by atoms with Crippen LogP contribution in [0.15, 0.2) is 53.0 Å². The quantitative estimate of drug-likeness (QED) is 0.620. The number of amides is 1. The van der Waals surface area contributed by atoms with E-state index < -0.39 is 17.9 Å². The van der Waals surface area contributed by atoms with Gasteiger partial charge in [0.15, 0.2) is 0 Å². The van der Waals surface area contributed by atoms with Crippen molar-refractivity contribution in [3.63, 3.8) is 0 Å². The van der Waals surface area contributed by atoms with Crippen molar-refractivity contribution in [2.24, 2.45) is 0 Å². The molecule has 0 radical (unpaired) electrons. The third-order valence-electron chi connectivity index (χ3n) is 3.19. The summed E-state index contributed by atoms with van der Waals surface area (Å²) >= 11 is 3.28. The van der Waals surface area contributed by atoms with Gasteiger partial charge in [-0.25, -0.2) is 4.79 Å². The largest absolute Gasteiger partial charge is 0.459 e. The molecule has 0 aliphatic heterocycles. The summed E-state index contributed by atoms with van der Waals surface area (Å²) in [7, 11) is 0. The number of hydrogen-bond donors (Lipinski definition) is 2. The Balaban J connectivity index is 1.92. The van der Waals surface area contributed by atoms with Gasteiger partial charge in [-0.15, -0.1) is 0 Å². The van der Waals surface area contributed by atoms with Crippen molar-refractivity contribution in [2.45, 2.75) is 19.6 Å². The van der Waals surface area contributed by atoms with E-state index in [-0.39, 0.29) is 6.61 Å². The maximum Gasteiger partial charge on any atom is 0.328 e. The third kappa shape index (κ3) is 4.82. The van der Waals surface area contributed by atoms with E-state index in [2.05, 4.69) is 21.2 Å². The third-order valence-corrected chi connectivity index (χ3v) is 3.68. The number of nitrogens with one attached hydrogen (secondary N) is 1. The van der Waals surface area contributed by atoms with E-state index in [0.717, 1.165) is 10.0 Å². The Morgan fingerprint density at radius 3 is 2.61 bits per heavy atom. The summed E-state index contributed by atoms with van der Waals surface area (Å²) in [5, 5.41) is 2.59. The van der Waals surface area contributed by atoms with Crippen LogP contribution in [0.2, 0.25) is 0 Å². The Labute approximate surface area is 143 Å². The van der Waals surface area contributed by atoms with Crippen molar-refractivity contribution in [1.29, 1.82) is 0 Å². The monoisotopic (exact) mass is 376 g/mol. The molecular weight excluding hydrogens is 360 g/mol. The van der Waals surface area contributed by atoms with Crippen LogP contribution in [-0.4, -0.2) is 17.9 Å². The molecule has 0 aliphatic rings. The van der Waals surface area contributed by atoms with Crippen molar-refractivity contribution in [1.82, 2.24) is 5.32 Å². The molecule has 0 aromatic heterocycles. The van der Waals surface area contributed by atoms with Gasteiger partial charge in [-0.2, -0.15) is 0 Å². The number of nitrogens with two attached hydrogens (primary N) is 1. The van der Waals surface area contributed by atoms with Gasteiger partial charge in [0.05, 0.1) is 5.56 Å². The minimum Gasteiger partial charge on any atom is -0.459 e. The van der Waals surface area contributed by atoms with Crippen LogP contribution >= 0.6 is 15.9 Å². The minimum absolute atomic E-state index is 0.166. The van der Waals surface area contributed by atoms with Gasteiger partial charge in [0.1, 0.15) is 12.6 Å². The van der Waals surface area contributed by atoms with Crippen LogP contribution < -0.4 is 11.1 Å². The number of esters is 1. The number of hydrogen-bond acceptors (Lipinski definition) is 4. The van der Waals surface area contributed by atoms with Crippen LogP contribution in [0, 0.1) is 0 Å². The maximum atomic E-state index is 12.2. The predicted molar refractivity (Wildman–Crippen MR) is 91.7 cm³/mol. The molecule has 0 fully saturated rings. The number of benzene rings is 2. The molecule has 3 N–H and O–H groups in total. The molecule has 2 aromatic carbocycles. The Bertz CT molecular complexity index is 704. The molecule has 2 rings (SSSR count). The zero-order valence-corrected chi connectivity index (χ0v) is 14.2. The van der Waals surface area contributed by atoms with Gasteiger partial charge in [0.25, 0.3) is 5.91 Å². The summed E-state index contributed by atoms with van der Waals surface area (Å²) in [5.41, 5.74) is 7.31. The first kappa shape index (κ1) is 17.0. The highest BCUT2D eigenvalue weighted by Crippen LogP contribution is 2.18. The summed E-state index contributed by atoms with van der Waals surface area (Å²) in [6.45, 7) is 1.73. The van der Waals surface area contributed by atoms with Gasteiger partial charge in [0.2, 0.25) is 0 Å². The zero-order chi connectivity index (χ0) is 16.8. The lowest BCUT2D eigenvalue weighted by molar-refractivity contribution is -0.146. The first-order chi connectivity index (χ1) is 11.0. The summed E-state index contributed by atoms with van der Waals surface area (Å²) in [4.78, 5) is 24.1. The Kier molecular flexibility index (Phi) is 5.76. The molecule has 6 heteroatoms. The van der Waals surface area contributed by atoms with E-state index in [1.54, 1.807) is 25.1 Å². The van der Waals surface area contributed by atoms with Gasteiger partial charge < -0.3 is 15.8 Å². The van der Waals surface area contributed by atoms with Crippen molar-refractivity contribution in [3.05, 3.63) is 64.1 Å². The van der Waals surface area contributed by atoms with Crippen LogP contribution in [0.4, 0.5) is 5.69 Å². The molecule has 0 saturated carbocycles. The van der Waals surface area contributed by atoms with E-state index in [1.807, 2.05) is 30.3 Å². The molecule has 0 bridgehead atoms. The van der Waals surface area contributed by atoms with Crippen LogP contribution in [0.5, 0.6) is 0 Å². The fourth-order valence-electron chi connectivity index (χ4n) is 1.91. The topological polar surface area (TPSA) is 81.4 Å². The molecule has 2 aromatic rings. The van der Waals surface area contributed by atoms with Crippen molar-refractivity contribution >= 4 is 33.5 Å². The van der Waals surface area contributed by atoms with Crippen molar-refractivity contribution in [2.75, 3.05) is 5.73 Å². The molecule has 0 spiro atoms. The van der Waals surface area contributed by atoms with E-state index in [1.165, 1.54) is 0 Å². The van der Waals surface area contributed by atoms with Crippen LogP contribution in [-0.2, 0) is 16.1 Å². The van der Waals surface area contributed by atoms with E-state index in [4.69, 9.17) is 10.5 Å². The van der Waals surface area contributed by atoms with Crippen molar-refractivity contribution in [3.8, 4) is 0 Å². The predicted octanol–water partition coefficient (Wildman–Crippen LogP) is 2.89. The van der Waals surface area contributed by atoms with Gasteiger partial charge in [-0.1, -0.05) is 46.3 Å². The fourth-order valence-corrected chi connectivity index (χ4v) is 2.27. The lowest BCUT2D eigenvalue weighted by Crippen LogP contribution is -2.39. The summed E-state index contributed by atoms with van der Waals surface area (Å²) in [6.07, 6.45) is 0. The fraction of sp³-hybridized carbons (Fsp3) is 0.176. The number of nitrogen functional groups attached to an aromatic ring is 1. The Morgan fingerprint density at radius 1 is 1.22 bits per heavy atom. The van der Waals surface area contributed by atoms with Gasteiger partial charge in [-0.05, 0) is 30.7 Å². The normalized spacial score (nSPS) is 11.6. The maximum absolute atomic E-state index is 12.2. The summed E-state index contributed by atoms with van der Waals surface area (Å²) < 4.78 is 5.92. The molecule has 120 valence electrons. The highest BCUT2D eigenvalue weighted by atomic mass is 79.9. The van der Waals surface area contributed by atoms with E-state index in [0.29, 0.717) is 11.3 Å². The second kappa shape index (κ2) is 7.78. The average Bonchev–Trinajstić information content (AvgIpc) is 2.55. The molecule has 0 aliphatic carbocycles. The van der Waals surface area contributed by atoms with Crippen molar-refractivity contribution < 1.29 is 14.3 Å². The number of carbonyl (C=O) groups is 2. The molecule has 5 nitrogen and oxygen atoms in total. The number of halogens is 1.